The Morgan fingerprint density at radius 1 is 1.24 bits per heavy atom. The maximum absolute atomic E-state index is 14.1. The zero-order valence-electron chi connectivity index (χ0n) is 16.3. The van der Waals surface area contributed by atoms with Gasteiger partial charge in [-0.05, 0) is 38.7 Å². The van der Waals surface area contributed by atoms with Crippen LogP contribution >= 0.6 is 0 Å². The predicted molar refractivity (Wildman–Crippen MR) is 98.3 cm³/mol. The molecule has 3 aliphatic heterocycles. The Morgan fingerprint density at radius 2 is 1.97 bits per heavy atom. The molecule has 1 spiro atoms. The molecule has 1 aliphatic carbocycles. The number of hydrogen-bond acceptors (Lipinski definition) is 4. The first kappa shape index (κ1) is 18.6. The quantitative estimate of drug-likeness (QED) is 0.820. The molecule has 4 aliphatic rings. The van der Waals surface area contributed by atoms with Gasteiger partial charge in [-0.15, -0.1) is 0 Å². The van der Waals surface area contributed by atoms with Gasteiger partial charge < -0.3 is 19.7 Å². The van der Waals surface area contributed by atoms with Crippen LogP contribution in [0.2, 0.25) is 0 Å². The number of amides is 2. The van der Waals surface area contributed by atoms with Crippen LogP contribution in [-0.4, -0.2) is 47.7 Å². The van der Waals surface area contributed by atoms with E-state index < -0.39 is 23.3 Å². The van der Waals surface area contributed by atoms with Crippen molar-refractivity contribution in [1.82, 2.24) is 10.2 Å². The summed E-state index contributed by atoms with van der Waals surface area (Å²) in [6.07, 6.45) is 2.84. The van der Waals surface area contributed by atoms with Crippen molar-refractivity contribution in [3.63, 3.8) is 0 Å². The highest BCUT2D eigenvalue weighted by atomic mass is 19.1. The molecule has 6 nitrogen and oxygen atoms in total. The van der Waals surface area contributed by atoms with Crippen molar-refractivity contribution in [3.05, 3.63) is 29.3 Å². The van der Waals surface area contributed by atoms with Crippen molar-refractivity contribution in [1.29, 1.82) is 0 Å². The SMILES string of the molecule is CC1(C2CCN(C(=O)[C@H]3C[C@]4(COC(=O)N4)C3)CC2)Cc2cc(F)cc(F)c2O1. The number of nitrogens with zero attached hydrogens (tertiary/aromatic N) is 1. The van der Waals surface area contributed by atoms with E-state index in [1.807, 2.05) is 11.8 Å². The number of rotatable bonds is 2. The van der Waals surface area contributed by atoms with E-state index in [-0.39, 0.29) is 29.0 Å². The molecular weight excluding hydrogens is 382 g/mol. The molecule has 1 unspecified atom stereocenters. The van der Waals surface area contributed by atoms with Gasteiger partial charge >= 0.3 is 6.09 Å². The normalized spacial score (nSPS) is 33.7. The highest BCUT2D eigenvalue weighted by Crippen LogP contribution is 2.45. The fourth-order valence-corrected chi connectivity index (χ4v) is 5.47. The number of piperidine rings is 1. The van der Waals surface area contributed by atoms with E-state index in [4.69, 9.17) is 9.47 Å². The summed E-state index contributed by atoms with van der Waals surface area (Å²) in [5.41, 5.74) is -0.367. The summed E-state index contributed by atoms with van der Waals surface area (Å²) >= 11 is 0. The molecule has 1 atom stereocenters. The van der Waals surface area contributed by atoms with Gasteiger partial charge in [0.2, 0.25) is 5.91 Å². The minimum Gasteiger partial charge on any atom is -0.484 e. The standard InChI is InChI=1S/C21H24F2N2O4/c1-20(8-12-6-15(22)7-16(23)17(12)29-20)14-2-4-25(5-3-14)18(26)13-9-21(10-13)11-28-19(27)24-21/h6-7,13-14H,2-5,8-11H2,1H3,(H,24,27)/t13-,20?,21+. The van der Waals surface area contributed by atoms with Crippen LogP contribution in [0.1, 0.15) is 38.2 Å². The van der Waals surface area contributed by atoms with Crippen LogP contribution in [0.5, 0.6) is 5.75 Å². The summed E-state index contributed by atoms with van der Waals surface area (Å²) in [5, 5.41) is 2.82. The summed E-state index contributed by atoms with van der Waals surface area (Å²) in [6.45, 7) is 3.54. The molecule has 3 heterocycles. The Morgan fingerprint density at radius 3 is 2.62 bits per heavy atom. The molecule has 1 aromatic rings. The summed E-state index contributed by atoms with van der Waals surface area (Å²) in [5.74, 6) is -0.864. The van der Waals surface area contributed by atoms with E-state index in [1.54, 1.807) is 0 Å². The van der Waals surface area contributed by atoms with Gasteiger partial charge in [-0.25, -0.2) is 13.6 Å². The van der Waals surface area contributed by atoms with Crippen LogP contribution in [0, 0.1) is 23.5 Å². The Bertz CT molecular complexity index is 878. The maximum Gasteiger partial charge on any atom is 0.407 e. The topological polar surface area (TPSA) is 67.9 Å². The molecule has 1 saturated carbocycles. The van der Waals surface area contributed by atoms with E-state index >= 15 is 0 Å². The number of likely N-dealkylation sites (tertiary alicyclic amines) is 1. The maximum atomic E-state index is 14.1. The van der Waals surface area contributed by atoms with Gasteiger partial charge in [0.25, 0.3) is 0 Å². The van der Waals surface area contributed by atoms with E-state index in [1.165, 1.54) is 6.07 Å². The molecule has 3 fully saturated rings. The predicted octanol–water partition coefficient (Wildman–Crippen LogP) is 2.79. The lowest BCUT2D eigenvalue weighted by molar-refractivity contribution is -0.143. The monoisotopic (exact) mass is 406 g/mol. The third-order valence-corrected chi connectivity index (χ3v) is 7.10. The van der Waals surface area contributed by atoms with Crippen LogP contribution in [-0.2, 0) is 16.0 Å². The number of nitrogens with one attached hydrogen (secondary N) is 1. The lowest BCUT2D eigenvalue weighted by atomic mass is 9.68. The van der Waals surface area contributed by atoms with Crippen molar-refractivity contribution in [2.45, 2.75) is 50.2 Å². The van der Waals surface area contributed by atoms with Crippen LogP contribution < -0.4 is 10.1 Å². The summed E-state index contributed by atoms with van der Waals surface area (Å²) < 4.78 is 38.5. The molecule has 0 aromatic heterocycles. The Labute approximate surface area is 167 Å². The van der Waals surface area contributed by atoms with Gasteiger partial charge in [-0.3, -0.25) is 4.79 Å². The smallest absolute Gasteiger partial charge is 0.407 e. The van der Waals surface area contributed by atoms with Gasteiger partial charge in [0.05, 0.1) is 5.54 Å². The van der Waals surface area contributed by atoms with Gasteiger partial charge in [-0.2, -0.15) is 0 Å². The van der Waals surface area contributed by atoms with E-state index in [0.717, 1.165) is 18.9 Å². The first-order chi connectivity index (χ1) is 13.8. The Balaban J connectivity index is 1.18. The van der Waals surface area contributed by atoms with E-state index in [2.05, 4.69) is 5.32 Å². The molecule has 2 saturated heterocycles. The zero-order valence-corrected chi connectivity index (χ0v) is 16.3. The van der Waals surface area contributed by atoms with Crippen molar-refractivity contribution in [2.75, 3.05) is 19.7 Å². The summed E-state index contributed by atoms with van der Waals surface area (Å²) in [4.78, 5) is 26.0. The van der Waals surface area contributed by atoms with E-state index in [0.29, 0.717) is 44.5 Å². The van der Waals surface area contributed by atoms with Crippen LogP contribution in [0.25, 0.3) is 0 Å². The fourth-order valence-electron chi connectivity index (χ4n) is 5.47. The number of carbonyl (C=O) groups excluding carboxylic acids is 2. The van der Waals surface area contributed by atoms with Crippen molar-refractivity contribution in [2.24, 2.45) is 11.8 Å². The van der Waals surface area contributed by atoms with Gasteiger partial charge in [-0.1, -0.05) is 0 Å². The summed E-state index contributed by atoms with van der Waals surface area (Å²) in [7, 11) is 0. The minimum absolute atomic E-state index is 0.0757. The molecule has 1 N–H and O–H groups in total. The van der Waals surface area contributed by atoms with Gasteiger partial charge in [0.15, 0.2) is 11.6 Å². The lowest BCUT2D eigenvalue weighted by Crippen LogP contribution is -2.59. The highest BCUT2D eigenvalue weighted by Gasteiger charge is 2.54. The first-order valence-electron chi connectivity index (χ1n) is 10.2. The fraction of sp³-hybridized carbons (Fsp3) is 0.619. The van der Waals surface area contributed by atoms with Gasteiger partial charge in [0, 0.05) is 43.0 Å². The van der Waals surface area contributed by atoms with Crippen molar-refractivity contribution < 1.29 is 27.8 Å². The molecule has 156 valence electrons. The second-order valence-corrected chi connectivity index (χ2v) is 9.15. The number of alkyl carbamates (subject to hydrolysis) is 1. The minimum atomic E-state index is -0.654. The van der Waals surface area contributed by atoms with Crippen molar-refractivity contribution in [3.8, 4) is 5.75 Å². The number of hydrogen-bond donors (Lipinski definition) is 1. The molecule has 29 heavy (non-hydrogen) atoms. The van der Waals surface area contributed by atoms with Crippen LogP contribution in [0.4, 0.5) is 13.6 Å². The van der Waals surface area contributed by atoms with Crippen LogP contribution in [0.15, 0.2) is 12.1 Å². The van der Waals surface area contributed by atoms with Crippen molar-refractivity contribution >= 4 is 12.0 Å². The molecule has 1 aromatic carbocycles. The number of benzene rings is 1. The van der Waals surface area contributed by atoms with Crippen LogP contribution in [0.3, 0.4) is 0 Å². The number of cyclic esters (lactones) is 1. The first-order valence-corrected chi connectivity index (χ1v) is 10.2. The number of ether oxygens (including phenoxy) is 2. The Kier molecular flexibility index (Phi) is 4.05. The largest absolute Gasteiger partial charge is 0.484 e. The molecule has 2 amide bonds. The Hall–Kier alpha value is -2.38. The molecular formula is C21H24F2N2O4. The molecule has 0 bridgehead atoms. The lowest BCUT2D eigenvalue weighted by Gasteiger charge is -2.46. The number of fused-ring (bicyclic) bond motifs is 1. The van der Waals surface area contributed by atoms with Gasteiger partial charge in [0.1, 0.15) is 18.0 Å². The average molecular weight is 406 g/mol. The average Bonchev–Trinajstić information content (AvgIpc) is 3.21. The zero-order chi connectivity index (χ0) is 20.4. The second kappa shape index (κ2) is 6.31. The highest BCUT2D eigenvalue weighted by molar-refractivity contribution is 5.81. The molecule has 0 radical (unpaired) electrons. The third-order valence-electron chi connectivity index (χ3n) is 7.10. The number of halogens is 2. The van der Waals surface area contributed by atoms with E-state index in [9.17, 15) is 18.4 Å². The number of carbonyl (C=O) groups is 2. The molecule has 5 rings (SSSR count). The molecule has 8 heteroatoms. The summed E-state index contributed by atoms with van der Waals surface area (Å²) in [6, 6.07) is 2.20. The third kappa shape index (κ3) is 3.04. The second-order valence-electron chi connectivity index (χ2n) is 9.15.